The van der Waals surface area contributed by atoms with Gasteiger partial charge in [-0.1, -0.05) is 0 Å². The van der Waals surface area contributed by atoms with Crippen molar-refractivity contribution in [1.82, 2.24) is 4.98 Å². The van der Waals surface area contributed by atoms with Crippen LogP contribution in [0.1, 0.15) is 24.8 Å². The van der Waals surface area contributed by atoms with Crippen LogP contribution in [0, 0.1) is 5.92 Å². The number of pyridine rings is 1. The number of benzene rings is 1. The predicted molar refractivity (Wildman–Crippen MR) is 98.8 cm³/mol. The summed E-state index contributed by atoms with van der Waals surface area (Å²) in [5.41, 5.74) is 1.46. The van der Waals surface area contributed by atoms with E-state index in [4.69, 9.17) is 14.2 Å². The largest absolute Gasteiger partial charge is 0.497 e. The molecular formula is C21H22FNO4. The SMILES string of the molecule is COc1cc2cncc(CC3=COC4CCC(F)CC4C3=O)c2cc1OC. The molecule has 0 bridgehead atoms. The zero-order valence-corrected chi connectivity index (χ0v) is 15.4. The molecule has 0 amide bonds. The second-order valence-corrected chi connectivity index (χ2v) is 7.10. The van der Waals surface area contributed by atoms with Crippen LogP contribution in [0.4, 0.5) is 4.39 Å². The second kappa shape index (κ2) is 7.18. The average Bonchev–Trinajstić information content (AvgIpc) is 2.69. The van der Waals surface area contributed by atoms with Gasteiger partial charge >= 0.3 is 0 Å². The number of ketones is 1. The van der Waals surface area contributed by atoms with E-state index in [1.54, 1.807) is 32.9 Å². The third kappa shape index (κ3) is 3.24. The Balaban J connectivity index is 1.67. The highest BCUT2D eigenvalue weighted by Gasteiger charge is 2.40. The molecule has 2 aromatic rings. The van der Waals surface area contributed by atoms with E-state index in [9.17, 15) is 9.18 Å². The Morgan fingerprint density at radius 3 is 2.74 bits per heavy atom. The standard InChI is InChI=1S/C21H22FNO4/c1-25-19-6-13-10-23-9-12(16(13)8-20(19)26-2)5-14-11-27-18-4-3-15(22)7-17(18)21(14)24/h6,8-11,15,17-18H,3-5,7H2,1-2H3. The average molecular weight is 371 g/mol. The Labute approximate surface area is 157 Å². The molecule has 0 saturated heterocycles. The molecule has 6 heteroatoms. The number of ether oxygens (including phenoxy) is 3. The van der Waals surface area contributed by atoms with Crippen molar-refractivity contribution in [2.24, 2.45) is 5.92 Å². The van der Waals surface area contributed by atoms with Crippen molar-refractivity contribution in [1.29, 1.82) is 0 Å². The molecule has 0 radical (unpaired) electrons. The molecular weight excluding hydrogens is 349 g/mol. The summed E-state index contributed by atoms with van der Waals surface area (Å²) in [5.74, 6) is 0.849. The minimum atomic E-state index is -0.922. The molecule has 1 saturated carbocycles. The lowest BCUT2D eigenvalue weighted by molar-refractivity contribution is -0.128. The van der Waals surface area contributed by atoms with Gasteiger partial charge in [-0.15, -0.1) is 0 Å². The van der Waals surface area contributed by atoms with Crippen molar-refractivity contribution in [3.05, 3.63) is 41.9 Å². The van der Waals surface area contributed by atoms with E-state index in [2.05, 4.69) is 4.98 Å². The Hall–Kier alpha value is -2.63. The molecule has 3 unspecified atom stereocenters. The minimum absolute atomic E-state index is 0.00826. The third-order valence-electron chi connectivity index (χ3n) is 5.49. The molecule has 27 heavy (non-hydrogen) atoms. The van der Waals surface area contributed by atoms with Crippen LogP contribution in [-0.4, -0.2) is 37.3 Å². The fourth-order valence-corrected chi connectivity index (χ4v) is 4.03. The summed E-state index contributed by atoms with van der Waals surface area (Å²) in [5, 5.41) is 1.83. The maximum absolute atomic E-state index is 13.8. The molecule has 1 fully saturated rings. The van der Waals surface area contributed by atoms with Gasteiger partial charge < -0.3 is 14.2 Å². The Bertz CT molecular complexity index is 910. The maximum atomic E-state index is 13.8. The quantitative estimate of drug-likeness (QED) is 0.819. The molecule has 1 aliphatic carbocycles. The summed E-state index contributed by atoms with van der Waals surface area (Å²) in [6.07, 6.45) is 5.63. The van der Waals surface area contributed by atoms with E-state index in [1.165, 1.54) is 0 Å². The van der Waals surface area contributed by atoms with E-state index in [-0.39, 0.29) is 24.2 Å². The zero-order valence-electron chi connectivity index (χ0n) is 15.4. The van der Waals surface area contributed by atoms with E-state index < -0.39 is 6.17 Å². The molecule has 4 rings (SSSR count). The van der Waals surface area contributed by atoms with Crippen molar-refractivity contribution in [2.75, 3.05) is 14.2 Å². The Kier molecular flexibility index (Phi) is 4.72. The molecule has 2 heterocycles. The van der Waals surface area contributed by atoms with Crippen LogP contribution >= 0.6 is 0 Å². The Morgan fingerprint density at radius 2 is 1.96 bits per heavy atom. The fourth-order valence-electron chi connectivity index (χ4n) is 4.03. The summed E-state index contributed by atoms with van der Waals surface area (Å²) in [6.45, 7) is 0. The Morgan fingerprint density at radius 1 is 1.19 bits per heavy atom. The van der Waals surface area contributed by atoms with E-state index >= 15 is 0 Å². The van der Waals surface area contributed by atoms with Gasteiger partial charge in [-0.25, -0.2) is 4.39 Å². The first-order valence-electron chi connectivity index (χ1n) is 9.12. The van der Waals surface area contributed by atoms with Gasteiger partial charge in [-0.2, -0.15) is 0 Å². The first-order chi connectivity index (χ1) is 13.1. The van der Waals surface area contributed by atoms with Crippen LogP contribution in [-0.2, 0) is 16.0 Å². The van der Waals surface area contributed by atoms with Crippen LogP contribution in [0.3, 0.4) is 0 Å². The number of hydrogen-bond donors (Lipinski definition) is 0. The van der Waals surface area contributed by atoms with Crippen molar-refractivity contribution in [2.45, 2.75) is 38.0 Å². The van der Waals surface area contributed by atoms with Gasteiger partial charge in [-0.3, -0.25) is 9.78 Å². The van der Waals surface area contributed by atoms with Gasteiger partial charge in [0, 0.05) is 29.8 Å². The lowest BCUT2D eigenvalue weighted by Crippen LogP contribution is -2.40. The summed E-state index contributed by atoms with van der Waals surface area (Å²) in [6, 6.07) is 3.75. The van der Waals surface area contributed by atoms with Crippen molar-refractivity contribution < 1.29 is 23.4 Å². The number of methoxy groups -OCH3 is 2. The first-order valence-corrected chi connectivity index (χ1v) is 9.12. The lowest BCUT2D eigenvalue weighted by Gasteiger charge is -2.35. The number of hydrogen-bond acceptors (Lipinski definition) is 5. The number of carbonyl (C=O) groups is 1. The molecule has 142 valence electrons. The second-order valence-electron chi connectivity index (χ2n) is 7.10. The van der Waals surface area contributed by atoms with E-state index in [0.29, 0.717) is 36.3 Å². The number of halogens is 1. The zero-order chi connectivity index (χ0) is 19.0. The van der Waals surface area contributed by atoms with Gasteiger partial charge in [0.05, 0.1) is 26.4 Å². The number of aromatic nitrogens is 1. The van der Waals surface area contributed by atoms with E-state index in [1.807, 2.05) is 12.1 Å². The van der Waals surface area contributed by atoms with Crippen LogP contribution in [0.25, 0.3) is 10.8 Å². The normalized spacial score (nSPS) is 24.8. The maximum Gasteiger partial charge on any atom is 0.169 e. The van der Waals surface area contributed by atoms with Gasteiger partial charge in [0.1, 0.15) is 12.3 Å². The smallest absolute Gasteiger partial charge is 0.169 e. The molecule has 0 N–H and O–H groups in total. The van der Waals surface area contributed by atoms with Gasteiger partial charge in [0.15, 0.2) is 17.3 Å². The summed E-state index contributed by atoms with van der Waals surface area (Å²) in [4.78, 5) is 17.2. The minimum Gasteiger partial charge on any atom is -0.497 e. The van der Waals surface area contributed by atoms with Crippen LogP contribution in [0.15, 0.2) is 36.4 Å². The highest BCUT2D eigenvalue weighted by molar-refractivity contribution is 5.99. The van der Waals surface area contributed by atoms with Gasteiger partial charge in [0.25, 0.3) is 0 Å². The molecule has 3 atom stereocenters. The number of rotatable bonds is 4. The summed E-state index contributed by atoms with van der Waals surface area (Å²) in [7, 11) is 3.17. The lowest BCUT2D eigenvalue weighted by atomic mass is 9.78. The highest BCUT2D eigenvalue weighted by atomic mass is 19.1. The molecule has 1 aliphatic heterocycles. The molecule has 1 aromatic carbocycles. The number of carbonyl (C=O) groups excluding carboxylic acids is 1. The number of Topliss-reactive ketones (excluding diaryl/α,β-unsaturated/α-hetero) is 1. The molecule has 2 aliphatic rings. The summed E-state index contributed by atoms with van der Waals surface area (Å²) < 4.78 is 30.3. The number of fused-ring (bicyclic) bond motifs is 2. The van der Waals surface area contributed by atoms with Crippen molar-refractivity contribution in [3.63, 3.8) is 0 Å². The molecule has 0 spiro atoms. The number of nitrogens with zero attached hydrogens (tertiary/aromatic N) is 1. The summed E-state index contributed by atoms with van der Waals surface area (Å²) >= 11 is 0. The third-order valence-corrected chi connectivity index (χ3v) is 5.49. The van der Waals surface area contributed by atoms with E-state index in [0.717, 1.165) is 16.3 Å². The monoisotopic (exact) mass is 371 g/mol. The topological polar surface area (TPSA) is 57.7 Å². The fraction of sp³-hybridized carbons (Fsp3) is 0.429. The predicted octanol–water partition coefficient (Wildman–Crippen LogP) is 3.78. The van der Waals surface area contributed by atoms with Crippen LogP contribution < -0.4 is 9.47 Å². The molecule has 1 aromatic heterocycles. The number of allylic oxidation sites excluding steroid dienone is 1. The van der Waals surface area contributed by atoms with Gasteiger partial charge in [-0.05, 0) is 42.3 Å². The number of alkyl halides is 1. The van der Waals surface area contributed by atoms with Crippen molar-refractivity contribution in [3.8, 4) is 11.5 Å². The van der Waals surface area contributed by atoms with Crippen molar-refractivity contribution >= 4 is 16.6 Å². The first kappa shape index (κ1) is 17.8. The van der Waals surface area contributed by atoms with Gasteiger partial charge in [0.2, 0.25) is 0 Å². The van der Waals surface area contributed by atoms with Crippen LogP contribution in [0.2, 0.25) is 0 Å². The van der Waals surface area contributed by atoms with Crippen LogP contribution in [0.5, 0.6) is 11.5 Å². The highest BCUT2D eigenvalue weighted by Crippen LogP contribution is 2.37. The molecule has 5 nitrogen and oxygen atoms in total.